The Bertz CT molecular complexity index is 374. The van der Waals surface area contributed by atoms with Gasteiger partial charge < -0.3 is 10.2 Å². The summed E-state index contributed by atoms with van der Waals surface area (Å²) in [6.45, 7) is 8.40. The Morgan fingerprint density at radius 3 is 2.59 bits per heavy atom. The second-order valence-corrected chi connectivity index (χ2v) is 4.43. The maximum Gasteiger partial charge on any atom is 0.137 e. The number of hydrogen-bond acceptors (Lipinski definition) is 4. The molecule has 0 radical (unpaired) electrons. The van der Waals surface area contributed by atoms with Crippen molar-refractivity contribution in [2.45, 2.75) is 46.1 Å². The summed E-state index contributed by atoms with van der Waals surface area (Å²) < 4.78 is 0. The average Bonchev–Trinajstić information content (AvgIpc) is 3.15. The Balaban J connectivity index is 2.33. The first-order chi connectivity index (χ1) is 8.31. The van der Waals surface area contributed by atoms with Crippen molar-refractivity contribution >= 4 is 11.6 Å². The van der Waals surface area contributed by atoms with Gasteiger partial charge in [-0.3, -0.25) is 0 Å². The van der Waals surface area contributed by atoms with Crippen molar-refractivity contribution in [3.8, 4) is 0 Å². The van der Waals surface area contributed by atoms with E-state index in [4.69, 9.17) is 0 Å². The summed E-state index contributed by atoms with van der Waals surface area (Å²) in [6.07, 6.45) is 5.26. The molecular weight excluding hydrogens is 212 g/mol. The zero-order chi connectivity index (χ0) is 12.3. The van der Waals surface area contributed by atoms with E-state index in [9.17, 15) is 0 Å². The van der Waals surface area contributed by atoms with Gasteiger partial charge in [0.1, 0.15) is 18.0 Å². The van der Waals surface area contributed by atoms with Gasteiger partial charge in [-0.15, -0.1) is 0 Å². The highest BCUT2D eigenvalue weighted by atomic mass is 15.2. The summed E-state index contributed by atoms with van der Waals surface area (Å²) in [5, 5.41) is 3.33. The van der Waals surface area contributed by atoms with Crippen molar-refractivity contribution in [3.05, 3.63) is 11.9 Å². The molecular formula is C13H22N4. The van der Waals surface area contributed by atoms with E-state index in [0.29, 0.717) is 6.04 Å². The van der Waals surface area contributed by atoms with E-state index < -0.39 is 0 Å². The third kappa shape index (κ3) is 2.51. The van der Waals surface area contributed by atoms with Gasteiger partial charge in [0.05, 0.1) is 0 Å². The normalized spacial score (nSPS) is 14.8. The van der Waals surface area contributed by atoms with Gasteiger partial charge in [-0.2, -0.15) is 0 Å². The lowest BCUT2D eigenvalue weighted by Gasteiger charge is -2.24. The van der Waals surface area contributed by atoms with Crippen LogP contribution in [0.4, 0.5) is 11.6 Å². The number of nitrogens with one attached hydrogen (secondary N) is 1. The van der Waals surface area contributed by atoms with E-state index >= 15 is 0 Å². The molecule has 1 aromatic rings. The zero-order valence-corrected chi connectivity index (χ0v) is 11.0. The van der Waals surface area contributed by atoms with Gasteiger partial charge in [0, 0.05) is 24.7 Å². The molecule has 0 amide bonds. The van der Waals surface area contributed by atoms with Crippen LogP contribution >= 0.6 is 0 Å². The summed E-state index contributed by atoms with van der Waals surface area (Å²) in [5.74, 6) is 2.13. The molecule has 1 saturated carbocycles. The number of rotatable bonds is 6. The van der Waals surface area contributed by atoms with E-state index in [0.717, 1.165) is 31.1 Å². The van der Waals surface area contributed by atoms with Crippen molar-refractivity contribution in [3.63, 3.8) is 0 Å². The van der Waals surface area contributed by atoms with Crippen LogP contribution in [0, 0.1) is 0 Å². The van der Waals surface area contributed by atoms with E-state index in [1.165, 1.54) is 18.4 Å². The standard InChI is InChI=1S/C13H22N4/c1-4-11-12(14-5-2)15-9-16-13(11)17(6-3)10-7-8-10/h9-10H,4-8H2,1-3H3,(H,14,15,16). The largest absolute Gasteiger partial charge is 0.370 e. The maximum absolute atomic E-state index is 4.50. The maximum atomic E-state index is 4.50. The molecule has 1 aromatic heterocycles. The van der Waals surface area contributed by atoms with Crippen molar-refractivity contribution in [1.82, 2.24) is 9.97 Å². The molecule has 0 atom stereocenters. The van der Waals surface area contributed by atoms with E-state index in [1.807, 2.05) is 0 Å². The van der Waals surface area contributed by atoms with Gasteiger partial charge in [-0.1, -0.05) is 6.92 Å². The monoisotopic (exact) mass is 234 g/mol. The molecule has 4 nitrogen and oxygen atoms in total. The topological polar surface area (TPSA) is 41.1 Å². The quantitative estimate of drug-likeness (QED) is 0.821. The molecule has 1 fully saturated rings. The minimum Gasteiger partial charge on any atom is -0.370 e. The van der Waals surface area contributed by atoms with Crippen LogP contribution < -0.4 is 10.2 Å². The molecule has 2 rings (SSSR count). The second kappa shape index (κ2) is 5.34. The smallest absolute Gasteiger partial charge is 0.137 e. The predicted octanol–water partition coefficient (Wildman–Crippen LogP) is 2.46. The Labute approximate surface area is 103 Å². The van der Waals surface area contributed by atoms with Gasteiger partial charge in [-0.05, 0) is 33.1 Å². The molecule has 1 N–H and O–H groups in total. The van der Waals surface area contributed by atoms with E-state index in [2.05, 4.69) is 41.0 Å². The van der Waals surface area contributed by atoms with Crippen LogP contribution in [0.15, 0.2) is 6.33 Å². The summed E-state index contributed by atoms with van der Waals surface area (Å²) >= 11 is 0. The van der Waals surface area contributed by atoms with E-state index in [-0.39, 0.29) is 0 Å². The third-order valence-electron chi connectivity index (χ3n) is 3.22. The van der Waals surface area contributed by atoms with Gasteiger partial charge in [0.15, 0.2) is 0 Å². The number of anilines is 2. The van der Waals surface area contributed by atoms with Gasteiger partial charge >= 0.3 is 0 Å². The lowest BCUT2D eigenvalue weighted by Crippen LogP contribution is -2.27. The zero-order valence-electron chi connectivity index (χ0n) is 11.0. The average molecular weight is 234 g/mol. The predicted molar refractivity (Wildman–Crippen MR) is 71.6 cm³/mol. The van der Waals surface area contributed by atoms with Crippen molar-refractivity contribution in [2.24, 2.45) is 0 Å². The summed E-state index contributed by atoms with van der Waals surface area (Å²) in [5.41, 5.74) is 1.25. The van der Waals surface area contributed by atoms with Crippen molar-refractivity contribution in [1.29, 1.82) is 0 Å². The van der Waals surface area contributed by atoms with E-state index in [1.54, 1.807) is 6.33 Å². The molecule has 0 saturated heterocycles. The fraction of sp³-hybridized carbons (Fsp3) is 0.692. The van der Waals surface area contributed by atoms with Crippen LogP contribution in [0.2, 0.25) is 0 Å². The summed E-state index contributed by atoms with van der Waals surface area (Å²) in [7, 11) is 0. The van der Waals surface area contributed by atoms with Gasteiger partial charge in [0.2, 0.25) is 0 Å². The van der Waals surface area contributed by atoms with Crippen LogP contribution in [0.25, 0.3) is 0 Å². The molecule has 94 valence electrons. The molecule has 0 aliphatic heterocycles. The molecule has 17 heavy (non-hydrogen) atoms. The highest BCUT2D eigenvalue weighted by Crippen LogP contribution is 2.33. The third-order valence-corrected chi connectivity index (χ3v) is 3.22. The van der Waals surface area contributed by atoms with Crippen LogP contribution in [-0.2, 0) is 6.42 Å². The Kier molecular flexibility index (Phi) is 3.82. The lowest BCUT2D eigenvalue weighted by molar-refractivity contribution is 0.793. The second-order valence-electron chi connectivity index (χ2n) is 4.43. The number of nitrogens with zero attached hydrogens (tertiary/aromatic N) is 3. The minimum atomic E-state index is 0.703. The first kappa shape index (κ1) is 12.1. The van der Waals surface area contributed by atoms with Gasteiger partial charge in [-0.25, -0.2) is 9.97 Å². The van der Waals surface area contributed by atoms with Crippen LogP contribution in [0.5, 0.6) is 0 Å². The molecule has 1 aliphatic rings. The molecule has 0 unspecified atom stereocenters. The Hall–Kier alpha value is -1.32. The van der Waals surface area contributed by atoms with Crippen LogP contribution in [0.1, 0.15) is 39.2 Å². The minimum absolute atomic E-state index is 0.703. The molecule has 0 spiro atoms. The molecule has 1 aliphatic carbocycles. The Morgan fingerprint density at radius 2 is 2.06 bits per heavy atom. The molecule has 1 heterocycles. The molecule has 0 bridgehead atoms. The van der Waals surface area contributed by atoms with Crippen molar-refractivity contribution in [2.75, 3.05) is 23.3 Å². The molecule has 4 heteroatoms. The highest BCUT2D eigenvalue weighted by Gasteiger charge is 2.30. The highest BCUT2D eigenvalue weighted by molar-refractivity contribution is 5.59. The SMILES string of the molecule is CCNc1ncnc(N(CC)C2CC2)c1CC. The molecule has 0 aromatic carbocycles. The fourth-order valence-electron chi connectivity index (χ4n) is 2.26. The first-order valence-electron chi connectivity index (χ1n) is 6.66. The number of aromatic nitrogens is 2. The van der Waals surface area contributed by atoms with Crippen molar-refractivity contribution < 1.29 is 0 Å². The lowest BCUT2D eigenvalue weighted by atomic mass is 10.2. The fourth-order valence-corrected chi connectivity index (χ4v) is 2.26. The van der Waals surface area contributed by atoms with Crippen LogP contribution in [0.3, 0.4) is 0 Å². The Morgan fingerprint density at radius 1 is 1.29 bits per heavy atom. The van der Waals surface area contributed by atoms with Crippen LogP contribution in [-0.4, -0.2) is 29.1 Å². The number of hydrogen-bond donors (Lipinski definition) is 1. The summed E-state index contributed by atoms with van der Waals surface area (Å²) in [6, 6.07) is 0.703. The van der Waals surface area contributed by atoms with Gasteiger partial charge in [0.25, 0.3) is 0 Å². The summed E-state index contributed by atoms with van der Waals surface area (Å²) in [4.78, 5) is 11.3. The first-order valence-corrected chi connectivity index (χ1v) is 6.66.